The molecule has 2 nitrogen and oxygen atoms in total. The number of benzene rings is 1. The van der Waals surface area contributed by atoms with Crippen LogP contribution in [0, 0.1) is 0 Å². The van der Waals surface area contributed by atoms with Gasteiger partial charge in [0.05, 0.1) is 11.4 Å². The monoisotopic (exact) mass is 226 g/mol. The van der Waals surface area contributed by atoms with Crippen molar-refractivity contribution >= 4 is 23.0 Å². The molecule has 0 aromatic heterocycles. The lowest BCUT2D eigenvalue weighted by molar-refractivity contribution is 0.733. The van der Waals surface area contributed by atoms with E-state index in [1.807, 2.05) is 18.2 Å². The highest BCUT2D eigenvalue weighted by Crippen LogP contribution is 2.26. The first-order valence-corrected chi connectivity index (χ1v) is 5.86. The summed E-state index contributed by atoms with van der Waals surface area (Å²) in [6.07, 6.45) is 2.37. The van der Waals surface area contributed by atoms with Gasteiger partial charge in [-0.2, -0.15) is 0 Å². The van der Waals surface area contributed by atoms with E-state index in [1.165, 1.54) is 12.8 Å². The summed E-state index contributed by atoms with van der Waals surface area (Å²) < 4.78 is 0. The van der Waals surface area contributed by atoms with Gasteiger partial charge in [0.2, 0.25) is 0 Å². The van der Waals surface area contributed by atoms with E-state index in [2.05, 4.69) is 18.7 Å². The maximum Gasteiger partial charge on any atom is 0.0614 e. The average molecular weight is 227 g/mol. The SMILES string of the molecule is CCCCN(CC)c1cc(Cl)ccc1N. The third-order valence-electron chi connectivity index (χ3n) is 2.50. The maximum atomic E-state index is 5.97. The Morgan fingerprint density at radius 3 is 2.67 bits per heavy atom. The number of hydrogen-bond acceptors (Lipinski definition) is 2. The molecule has 0 spiro atoms. The standard InChI is InChI=1S/C12H19ClN2/c1-3-5-8-15(4-2)12-9-10(13)6-7-11(12)14/h6-7,9H,3-5,8,14H2,1-2H3. The zero-order valence-electron chi connectivity index (χ0n) is 9.46. The van der Waals surface area contributed by atoms with Crippen molar-refractivity contribution in [1.29, 1.82) is 0 Å². The lowest BCUT2D eigenvalue weighted by atomic mass is 10.2. The summed E-state index contributed by atoms with van der Waals surface area (Å²) in [5, 5.41) is 0.745. The van der Waals surface area contributed by atoms with Gasteiger partial charge in [0, 0.05) is 18.1 Å². The Morgan fingerprint density at radius 2 is 2.07 bits per heavy atom. The molecule has 84 valence electrons. The van der Waals surface area contributed by atoms with E-state index in [4.69, 9.17) is 17.3 Å². The average Bonchev–Trinajstić information content (AvgIpc) is 2.24. The summed E-state index contributed by atoms with van der Waals surface area (Å²) in [7, 11) is 0. The molecule has 0 atom stereocenters. The molecule has 0 aliphatic carbocycles. The van der Waals surface area contributed by atoms with Gasteiger partial charge in [-0.05, 0) is 31.5 Å². The predicted octanol–water partition coefficient (Wildman–Crippen LogP) is 3.55. The van der Waals surface area contributed by atoms with Crippen LogP contribution in [-0.4, -0.2) is 13.1 Å². The summed E-state index contributed by atoms with van der Waals surface area (Å²) in [5.41, 5.74) is 7.79. The second-order valence-electron chi connectivity index (χ2n) is 3.64. The topological polar surface area (TPSA) is 29.3 Å². The second kappa shape index (κ2) is 5.86. The van der Waals surface area contributed by atoms with Crippen LogP contribution in [0.4, 0.5) is 11.4 Å². The van der Waals surface area contributed by atoms with Crippen LogP contribution in [-0.2, 0) is 0 Å². The number of unbranched alkanes of at least 4 members (excludes halogenated alkanes) is 1. The molecule has 1 aromatic carbocycles. The molecule has 0 aliphatic rings. The molecule has 0 saturated heterocycles. The lowest BCUT2D eigenvalue weighted by Gasteiger charge is -2.24. The van der Waals surface area contributed by atoms with Gasteiger partial charge in [-0.3, -0.25) is 0 Å². The van der Waals surface area contributed by atoms with Crippen molar-refractivity contribution in [2.24, 2.45) is 0 Å². The van der Waals surface area contributed by atoms with Crippen LogP contribution in [0.25, 0.3) is 0 Å². The maximum absolute atomic E-state index is 5.97. The Balaban J connectivity index is 2.85. The first kappa shape index (κ1) is 12.2. The summed E-state index contributed by atoms with van der Waals surface area (Å²) in [4.78, 5) is 2.27. The fraction of sp³-hybridized carbons (Fsp3) is 0.500. The van der Waals surface area contributed by atoms with Crippen LogP contribution < -0.4 is 10.6 Å². The van der Waals surface area contributed by atoms with Crippen molar-refractivity contribution in [3.63, 3.8) is 0 Å². The Morgan fingerprint density at radius 1 is 1.33 bits per heavy atom. The predicted molar refractivity (Wildman–Crippen MR) is 68.7 cm³/mol. The highest BCUT2D eigenvalue weighted by Gasteiger charge is 2.07. The van der Waals surface area contributed by atoms with Gasteiger partial charge >= 0.3 is 0 Å². The van der Waals surface area contributed by atoms with Crippen LogP contribution in [0.5, 0.6) is 0 Å². The van der Waals surface area contributed by atoms with Crippen molar-refractivity contribution in [2.75, 3.05) is 23.7 Å². The zero-order valence-corrected chi connectivity index (χ0v) is 10.2. The van der Waals surface area contributed by atoms with Crippen LogP contribution in [0.1, 0.15) is 26.7 Å². The third-order valence-corrected chi connectivity index (χ3v) is 2.73. The Labute approximate surface area is 97.0 Å². The van der Waals surface area contributed by atoms with Gasteiger partial charge in [-0.1, -0.05) is 24.9 Å². The molecule has 3 heteroatoms. The molecule has 0 radical (unpaired) electrons. The van der Waals surface area contributed by atoms with Crippen LogP contribution in [0.2, 0.25) is 5.02 Å². The van der Waals surface area contributed by atoms with Gasteiger partial charge in [-0.15, -0.1) is 0 Å². The van der Waals surface area contributed by atoms with Crippen molar-refractivity contribution in [1.82, 2.24) is 0 Å². The number of hydrogen-bond donors (Lipinski definition) is 1. The number of rotatable bonds is 5. The molecule has 2 N–H and O–H groups in total. The van der Waals surface area contributed by atoms with Gasteiger partial charge in [0.25, 0.3) is 0 Å². The van der Waals surface area contributed by atoms with Crippen molar-refractivity contribution in [3.8, 4) is 0 Å². The minimum absolute atomic E-state index is 0.745. The fourth-order valence-electron chi connectivity index (χ4n) is 1.59. The highest BCUT2D eigenvalue weighted by atomic mass is 35.5. The molecule has 0 amide bonds. The summed E-state index contributed by atoms with van der Waals surface area (Å²) in [6.45, 7) is 6.33. The molecule has 0 bridgehead atoms. The van der Waals surface area contributed by atoms with E-state index in [1.54, 1.807) is 0 Å². The van der Waals surface area contributed by atoms with E-state index in [-0.39, 0.29) is 0 Å². The number of nitrogen functional groups attached to an aromatic ring is 1. The van der Waals surface area contributed by atoms with E-state index in [0.29, 0.717) is 0 Å². The van der Waals surface area contributed by atoms with Crippen molar-refractivity contribution < 1.29 is 0 Å². The van der Waals surface area contributed by atoms with E-state index >= 15 is 0 Å². The van der Waals surface area contributed by atoms with Gasteiger partial charge < -0.3 is 10.6 Å². The van der Waals surface area contributed by atoms with Crippen LogP contribution in [0.3, 0.4) is 0 Å². The Kier molecular flexibility index (Phi) is 4.76. The summed E-state index contributed by atoms with van der Waals surface area (Å²) >= 11 is 5.97. The summed E-state index contributed by atoms with van der Waals surface area (Å²) in [5.74, 6) is 0. The fourth-order valence-corrected chi connectivity index (χ4v) is 1.75. The van der Waals surface area contributed by atoms with Crippen molar-refractivity contribution in [2.45, 2.75) is 26.7 Å². The zero-order chi connectivity index (χ0) is 11.3. The smallest absolute Gasteiger partial charge is 0.0614 e. The minimum Gasteiger partial charge on any atom is -0.397 e. The Hall–Kier alpha value is -0.890. The van der Waals surface area contributed by atoms with Crippen LogP contribution in [0.15, 0.2) is 18.2 Å². The lowest BCUT2D eigenvalue weighted by Crippen LogP contribution is -2.24. The molecule has 1 rings (SSSR count). The highest BCUT2D eigenvalue weighted by molar-refractivity contribution is 6.31. The first-order chi connectivity index (χ1) is 7.19. The molecular formula is C12H19ClN2. The first-order valence-electron chi connectivity index (χ1n) is 5.49. The number of nitrogens with zero attached hydrogens (tertiary/aromatic N) is 1. The minimum atomic E-state index is 0.745. The van der Waals surface area contributed by atoms with Crippen LogP contribution >= 0.6 is 11.6 Å². The molecule has 0 fully saturated rings. The molecule has 0 saturated carbocycles. The second-order valence-corrected chi connectivity index (χ2v) is 4.07. The van der Waals surface area contributed by atoms with E-state index in [9.17, 15) is 0 Å². The van der Waals surface area contributed by atoms with Gasteiger partial charge in [0.1, 0.15) is 0 Å². The van der Waals surface area contributed by atoms with Gasteiger partial charge in [0.15, 0.2) is 0 Å². The van der Waals surface area contributed by atoms with Crippen molar-refractivity contribution in [3.05, 3.63) is 23.2 Å². The quantitative estimate of drug-likeness (QED) is 0.779. The third kappa shape index (κ3) is 3.31. The number of anilines is 2. The molecule has 0 aliphatic heterocycles. The molecule has 0 unspecified atom stereocenters. The van der Waals surface area contributed by atoms with E-state index < -0.39 is 0 Å². The molecular weight excluding hydrogens is 208 g/mol. The Bertz CT molecular complexity index is 312. The number of halogens is 1. The molecule has 1 aromatic rings. The van der Waals surface area contributed by atoms with E-state index in [0.717, 1.165) is 29.5 Å². The van der Waals surface area contributed by atoms with Gasteiger partial charge in [-0.25, -0.2) is 0 Å². The largest absolute Gasteiger partial charge is 0.397 e. The normalized spacial score (nSPS) is 10.3. The molecule has 15 heavy (non-hydrogen) atoms. The molecule has 0 heterocycles. The summed E-state index contributed by atoms with van der Waals surface area (Å²) in [6, 6.07) is 5.64. The number of nitrogens with two attached hydrogens (primary N) is 1.